The second-order valence-corrected chi connectivity index (χ2v) is 9.54. The number of methoxy groups -OCH3 is 1. The molecule has 2 fully saturated rings. The standard InChI is InChI=1S/C19H28N6O4S/c1-28-13-12-25-18(20-21-22-25)19(23-10-14-29-15-11-23)8-5-9-24(16-19)30(26,27)17-6-3-2-4-7-17/h2-4,6-7H,5,8-16H2,1H3. The molecule has 30 heavy (non-hydrogen) atoms. The van der Waals surface area contributed by atoms with Gasteiger partial charge in [0.15, 0.2) is 5.82 Å². The van der Waals surface area contributed by atoms with Crippen molar-refractivity contribution in [2.24, 2.45) is 0 Å². The molecule has 2 aliphatic heterocycles. The van der Waals surface area contributed by atoms with E-state index in [0.29, 0.717) is 63.3 Å². The van der Waals surface area contributed by atoms with Crippen molar-refractivity contribution in [3.8, 4) is 0 Å². The Balaban J connectivity index is 1.72. The van der Waals surface area contributed by atoms with Gasteiger partial charge in [-0.05, 0) is 35.4 Å². The largest absolute Gasteiger partial charge is 0.383 e. The number of morpholine rings is 1. The molecule has 4 rings (SSSR count). The average Bonchev–Trinajstić information content (AvgIpc) is 3.28. The highest BCUT2D eigenvalue weighted by molar-refractivity contribution is 7.89. The Morgan fingerprint density at radius 3 is 2.67 bits per heavy atom. The van der Waals surface area contributed by atoms with Crippen LogP contribution in [-0.2, 0) is 31.6 Å². The van der Waals surface area contributed by atoms with Crippen molar-refractivity contribution in [2.75, 3.05) is 53.1 Å². The molecule has 1 unspecified atom stereocenters. The number of sulfonamides is 1. The summed E-state index contributed by atoms with van der Waals surface area (Å²) in [6.07, 6.45) is 1.50. The SMILES string of the molecule is COCCn1nnnc1C1(N2CCOCC2)CCCN(S(=O)(=O)c2ccccc2)C1. The zero-order valence-corrected chi connectivity index (χ0v) is 18.0. The summed E-state index contributed by atoms with van der Waals surface area (Å²) in [6.45, 7) is 4.38. The van der Waals surface area contributed by atoms with Crippen LogP contribution in [0.2, 0.25) is 0 Å². The van der Waals surface area contributed by atoms with Gasteiger partial charge in [-0.2, -0.15) is 4.31 Å². The lowest BCUT2D eigenvalue weighted by Crippen LogP contribution is -2.61. The Morgan fingerprint density at radius 1 is 1.17 bits per heavy atom. The van der Waals surface area contributed by atoms with E-state index >= 15 is 0 Å². The van der Waals surface area contributed by atoms with Gasteiger partial charge in [0, 0.05) is 33.3 Å². The summed E-state index contributed by atoms with van der Waals surface area (Å²) in [5.74, 6) is 0.689. The molecule has 11 heteroatoms. The molecule has 10 nitrogen and oxygen atoms in total. The van der Waals surface area contributed by atoms with Gasteiger partial charge in [-0.1, -0.05) is 18.2 Å². The molecule has 2 aliphatic rings. The minimum Gasteiger partial charge on any atom is -0.383 e. The Morgan fingerprint density at radius 2 is 1.93 bits per heavy atom. The molecular weight excluding hydrogens is 408 g/mol. The molecule has 0 spiro atoms. The van der Waals surface area contributed by atoms with E-state index in [1.165, 1.54) is 0 Å². The third kappa shape index (κ3) is 4.00. The first-order valence-electron chi connectivity index (χ1n) is 10.2. The number of ether oxygens (including phenoxy) is 2. The first-order chi connectivity index (χ1) is 14.6. The Hall–Kier alpha value is -1.92. The van der Waals surface area contributed by atoms with E-state index in [-0.39, 0.29) is 0 Å². The van der Waals surface area contributed by atoms with Crippen LogP contribution < -0.4 is 0 Å². The van der Waals surface area contributed by atoms with Gasteiger partial charge in [0.1, 0.15) is 0 Å². The summed E-state index contributed by atoms with van der Waals surface area (Å²) >= 11 is 0. The summed E-state index contributed by atoms with van der Waals surface area (Å²) in [7, 11) is -1.98. The smallest absolute Gasteiger partial charge is 0.243 e. The highest BCUT2D eigenvalue weighted by Gasteiger charge is 2.49. The predicted octanol–water partition coefficient (Wildman–Crippen LogP) is 0.332. The van der Waals surface area contributed by atoms with Crippen LogP contribution in [0.3, 0.4) is 0 Å². The number of aromatic nitrogens is 4. The van der Waals surface area contributed by atoms with Crippen LogP contribution in [0, 0.1) is 0 Å². The topological polar surface area (TPSA) is 103 Å². The third-order valence-electron chi connectivity index (χ3n) is 5.89. The van der Waals surface area contributed by atoms with E-state index in [1.54, 1.807) is 40.4 Å². The maximum atomic E-state index is 13.4. The molecule has 3 heterocycles. The maximum absolute atomic E-state index is 13.4. The van der Waals surface area contributed by atoms with Crippen molar-refractivity contribution >= 4 is 10.0 Å². The fourth-order valence-electron chi connectivity index (χ4n) is 4.38. The molecular formula is C19H28N6O4S. The number of hydrogen-bond acceptors (Lipinski definition) is 8. The van der Waals surface area contributed by atoms with E-state index in [1.807, 2.05) is 6.07 Å². The lowest BCUT2D eigenvalue weighted by Gasteiger charge is -2.49. The number of hydrogen-bond donors (Lipinski definition) is 0. The Kier molecular flexibility index (Phi) is 6.44. The number of piperidine rings is 1. The molecule has 1 aromatic carbocycles. The third-order valence-corrected chi connectivity index (χ3v) is 7.75. The van der Waals surface area contributed by atoms with E-state index in [4.69, 9.17) is 9.47 Å². The molecule has 0 radical (unpaired) electrons. The summed E-state index contributed by atoms with van der Waals surface area (Å²) in [5.41, 5.74) is -0.610. The molecule has 0 bridgehead atoms. The molecule has 1 aromatic heterocycles. The zero-order chi connectivity index (χ0) is 21.0. The van der Waals surface area contributed by atoms with Crippen molar-refractivity contribution < 1.29 is 17.9 Å². The highest BCUT2D eigenvalue weighted by atomic mass is 32.2. The van der Waals surface area contributed by atoms with Gasteiger partial charge in [-0.3, -0.25) is 4.90 Å². The normalized spacial score (nSPS) is 24.2. The fraction of sp³-hybridized carbons (Fsp3) is 0.632. The van der Waals surface area contributed by atoms with Crippen molar-refractivity contribution in [3.63, 3.8) is 0 Å². The molecule has 0 aliphatic carbocycles. The first-order valence-corrected chi connectivity index (χ1v) is 11.7. The van der Waals surface area contributed by atoms with Gasteiger partial charge in [0.2, 0.25) is 10.0 Å². The van der Waals surface area contributed by atoms with E-state index in [0.717, 1.165) is 12.8 Å². The highest BCUT2D eigenvalue weighted by Crippen LogP contribution is 2.38. The van der Waals surface area contributed by atoms with E-state index < -0.39 is 15.6 Å². The van der Waals surface area contributed by atoms with E-state index in [2.05, 4.69) is 20.4 Å². The minimum absolute atomic E-state index is 0.303. The Labute approximate surface area is 176 Å². The lowest BCUT2D eigenvalue weighted by atomic mass is 9.86. The van der Waals surface area contributed by atoms with Crippen LogP contribution in [-0.4, -0.2) is 90.9 Å². The molecule has 0 amide bonds. The van der Waals surface area contributed by atoms with Crippen LogP contribution in [0.1, 0.15) is 18.7 Å². The maximum Gasteiger partial charge on any atom is 0.243 e. The van der Waals surface area contributed by atoms with Gasteiger partial charge >= 0.3 is 0 Å². The van der Waals surface area contributed by atoms with Crippen LogP contribution in [0.4, 0.5) is 0 Å². The average molecular weight is 437 g/mol. The fourth-order valence-corrected chi connectivity index (χ4v) is 5.94. The second kappa shape index (κ2) is 9.06. The molecule has 0 N–H and O–H groups in total. The van der Waals surface area contributed by atoms with Gasteiger partial charge < -0.3 is 9.47 Å². The summed E-state index contributed by atoms with van der Waals surface area (Å²) in [5, 5.41) is 12.5. The van der Waals surface area contributed by atoms with Crippen molar-refractivity contribution in [1.82, 2.24) is 29.4 Å². The number of rotatable bonds is 7. The van der Waals surface area contributed by atoms with Gasteiger partial charge in [-0.25, -0.2) is 13.1 Å². The molecule has 2 saturated heterocycles. The van der Waals surface area contributed by atoms with Crippen LogP contribution in [0.25, 0.3) is 0 Å². The zero-order valence-electron chi connectivity index (χ0n) is 17.2. The lowest BCUT2D eigenvalue weighted by molar-refractivity contribution is -0.0508. The van der Waals surface area contributed by atoms with Crippen LogP contribution >= 0.6 is 0 Å². The van der Waals surface area contributed by atoms with Gasteiger partial charge in [0.25, 0.3) is 0 Å². The molecule has 164 valence electrons. The van der Waals surface area contributed by atoms with Crippen LogP contribution in [0.15, 0.2) is 35.2 Å². The van der Waals surface area contributed by atoms with Crippen molar-refractivity contribution in [1.29, 1.82) is 0 Å². The Bertz CT molecular complexity index is 932. The van der Waals surface area contributed by atoms with Crippen LogP contribution in [0.5, 0.6) is 0 Å². The monoisotopic (exact) mass is 436 g/mol. The quantitative estimate of drug-likeness (QED) is 0.612. The van der Waals surface area contributed by atoms with Crippen molar-refractivity contribution in [2.45, 2.75) is 29.8 Å². The number of benzene rings is 1. The van der Waals surface area contributed by atoms with Gasteiger partial charge in [0.05, 0.1) is 36.8 Å². The predicted molar refractivity (Wildman–Crippen MR) is 108 cm³/mol. The molecule has 2 aromatic rings. The summed E-state index contributed by atoms with van der Waals surface area (Å²) in [4.78, 5) is 2.60. The minimum atomic E-state index is -3.62. The van der Waals surface area contributed by atoms with Crippen molar-refractivity contribution in [3.05, 3.63) is 36.2 Å². The van der Waals surface area contributed by atoms with E-state index in [9.17, 15) is 8.42 Å². The molecule has 0 saturated carbocycles. The number of nitrogens with zero attached hydrogens (tertiary/aromatic N) is 6. The first kappa shape index (κ1) is 21.3. The summed E-state index contributed by atoms with van der Waals surface area (Å²) < 4.78 is 40.9. The summed E-state index contributed by atoms with van der Waals surface area (Å²) in [6, 6.07) is 8.60. The number of tetrazole rings is 1. The molecule has 1 atom stereocenters. The van der Waals surface area contributed by atoms with Gasteiger partial charge in [-0.15, -0.1) is 5.10 Å². The second-order valence-electron chi connectivity index (χ2n) is 7.60.